The summed E-state index contributed by atoms with van der Waals surface area (Å²) in [5.74, 6) is 0.103. The van der Waals surface area contributed by atoms with Gasteiger partial charge in [-0.3, -0.25) is 5.10 Å². The van der Waals surface area contributed by atoms with Crippen molar-refractivity contribution in [2.45, 2.75) is 6.42 Å². The SMILES string of the molecule is NC(=O)Nc1cn[nH]c1-c1nc2cc(N3CCCOCC3)c(F)cc2[nH]1. The van der Waals surface area contributed by atoms with Crippen molar-refractivity contribution < 1.29 is 13.9 Å². The Morgan fingerprint density at radius 3 is 3.08 bits per heavy atom. The van der Waals surface area contributed by atoms with Crippen molar-refractivity contribution in [3.05, 3.63) is 24.1 Å². The molecule has 1 fully saturated rings. The normalized spacial score (nSPS) is 15.2. The Bertz CT molecular complexity index is 943. The third kappa shape index (κ3) is 3.06. The monoisotopic (exact) mass is 359 g/mol. The van der Waals surface area contributed by atoms with E-state index in [1.807, 2.05) is 4.90 Å². The smallest absolute Gasteiger partial charge is 0.316 e. The first-order valence-electron chi connectivity index (χ1n) is 8.24. The second-order valence-corrected chi connectivity index (χ2v) is 6.01. The predicted octanol–water partition coefficient (Wildman–Crippen LogP) is 1.81. The number of nitrogens with one attached hydrogen (secondary N) is 3. The molecule has 0 saturated carbocycles. The van der Waals surface area contributed by atoms with Gasteiger partial charge in [-0.2, -0.15) is 5.10 Å². The maximum absolute atomic E-state index is 14.6. The number of nitrogens with zero attached hydrogens (tertiary/aromatic N) is 3. The Morgan fingerprint density at radius 1 is 1.35 bits per heavy atom. The number of aromatic nitrogens is 4. The Balaban J connectivity index is 1.72. The van der Waals surface area contributed by atoms with Crippen LogP contribution in [0.5, 0.6) is 0 Å². The quantitative estimate of drug-likeness (QED) is 0.567. The minimum Gasteiger partial charge on any atom is -0.380 e. The van der Waals surface area contributed by atoms with E-state index in [-0.39, 0.29) is 5.82 Å². The van der Waals surface area contributed by atoms with Crippen LogP contribution in [0.15, 0.2) is 18.3 Å². The molecule has 0 aliphatic carbocycles. The van der Waals surface area contributed by atoms with E-state index in [1.54, 1.807) is 6.07 Å². The van der Waals surface area contributed by atoms with Gasteiger partial charge in [0.15, 0.2) is 5.82 Å². The number of anilines is 2. The molecule has 10 heteroatoms. The van der Waals surface area contributed by atoms with Crippen LogP contribution in [0.25, 0.3) is 22.6 Å². The number of aromatic amines is 2. The van der Waals surface area contributed by atoms with E-state index >= 15 is 0 Å². The van der Waals surface area contributed by atoms with Crippen molar-refractivity contribution in [1.29, 1.82) is 0 Å². The summed E-state index contributed by atoms with van der Waals surface area (Å²) in [7, 11) is 0. The molecule has 9 nitrogen and oxygen atoms in total. The molecule has 1 saturated heterocycles. The van der Waals surface area contributed by atoms with Gasteiger partial charge in [-0.1, -0.05) is 0 Å². The van der Waals surface area contributed by atoms with E-state index in [9.17, 15) is 9.18 Å². The van der Waals surface area contributed by atoms with Crippen molar-refractivity contribution in [1.82, 2.24) is 20.2 Å². The van der Waals surface area contributed by atoms with Gasteiger partial charge in [0.25, 0.3) is 0 Å². The zero-order valence-corrected chi connectivity index (χ0v) is 13.9. The van der Waals surface area contributed by atoms with Crippen LogP contribution in [0, 0.1) is 5.82 Å². The predicted molar refractivity (Wildman–Crippen MR) is 94.5 cm³/mol. The van der Waals surface area contributed by atoms with Crippen molar-refractivity contribution >= 4 is 28.4 Å². The van der Waals surface area contributed by atoms with Crippen LogP contribution in [-0.4, -0.2) is 52.5 Å². The zero-order chi connectivity index (χ0) is 18.1. The van der Waals surface area contributed by atoms with Crippen molar-refractivity contribution in [3.8, 4) is 11.5 Å². The second kappa shape index (κ2) is 6.64. The molecule has 2 aromatic heterocycles. The summed E-state index contributed by atoms with van der Waals surface area (Å²) in [6.07, 6.45) is 2.27. The summed E-state index contributed by atoms with van der Waals surface area (Å²) in [5, 5.41) is 9.11. The van der Waals surface area contributed by atoms with Crippen LogP contribution < -0.4 is 16.0 Å². The van der Waals surface area contributed by atoms with Crippen LogP contribution in [0.2, 0.25) is 0 Å². The molecule has 0 radical (unpaired) electrons. The van der Waals surface area contributed by atoms with Crippen molar-refractivity contribution in [2.24, 2.45) is 5.73 Å². The molecule has 1 aliphatic heterocycles. The first-order valence-corrected chi connectivity index (χ1v) is 8.24. The maximum Gasteiger partial charge on any atom is 0.316 e. The lowest BCUT2D eigenvalue weighted by molar-refractivity contribution is 0.152. The van der Waals surface area contributed by atoms with Gasteiger partial charge in [-0.05, 0) is 12.5 Å². The second-order valence-electron chi connectivity index (χ2n) is 6.01. The number of hydrogen-bond donors (Lipinski definition) is 4. The molecule has 3 aromatic rings. The van der Waals surface area contributed by atoms with Crippen molar-refractivity contribution in [2.75, 3.05) is 36.5 Å². The number of H-pyrrole nitrogens is 2. The first kappa shape index (κ1) is 16.3. The van der Waals surface area contributed by atoms with E-state index in [0.29, 0.717) is 53.7 Å². The highest BCUT2D eigenvalue weighted by molar-refractivity contribution is 5.92. The molecule has 3 heterocycles. The summed E-state index contributed by atoms with van der Waals surface area (Å²) < 4.78 is 20.0. The summed E-state index contributed by atoms with van der Waals surface area (Å²) >= 11 is 0. The minimum atomic E-state index is -0.708. The van der Waals surface area contributed by atoms with Gasteiger partial charge in [0.05, 0.1) is 35.2 Å². The lowest BCUT2D eigenvalue weighted by atomic mass is 10.2. The molecule has 2 amide bonds. The maximum atomic E-state index is 14.6. The Morgan fingerprint density at radius 2 is 2.23 bits per heavy atom. The molecule has 4 rings (SSSR count). The average Bonchev–Trinajstić information content (AvgIpc) is 3.11. The lowest BCUT2D eigenvalue weighted by Gasteiger charge is -2.22. The molecular weight excluding hydrogens is 341 g/mol. The van der Waals surface area contributed by atoms with Crippen molar-refractivity contribution in [3.63, 3.8) is 0 Å². The fourth-order valence-corrected chi connectivity index (χ4v) is 3.06. The lowest BCUT2D eigenvalue weighted by Crippen LogP contribution is -2.26. The summed E-state index contributed by atoms with van der Waals surface area (Å²) in [6, 6.07) is 2.43. The molecule has 1 aliphatic rings. The third-order valence-corrected chi connectivity index (χ3v) is 4.25. The number of fused-ring (bicyclic) bond motifs is 1. The van der Waals surface area contributed by atoms with Crippen LogP contribution >= 0.6 is 0 Å². The van der Waals surface area contributed by atoms with Gasteiger partial charge in [0.2, 0.25) is 0 Å². The fraction of sp³-hybridized carbons (Fsp3) is 0.312. The number of carbonyl (C=O) groups is 1. The van der Waals surface area contributed by atoms with E-state index in [0.717, 1.165) is 13.0 Å². The Hall–Kier alpha value is -3.14. The van der Waals surface area contributed by atoms with Gasteiger partial charge < -0.3 is 25.7 Å². The standard InChI is InChI=1S/C16H18FN7O2/c17-9-6-10-11(7-13(9)24-2-1-4-26-5-3-24)21-15(20-10)14-12(8-19-23-14)22-16(18)25/h6-8H,1-5H2,(H,19,23)(H,20,21)(H3,18,22,25). The third-order valence-electron chi connectivity index (χ3n) is 4.25. The number of primary amides is 1. The van der Waals surface area contributed by atoms with Crippen LogP contribution in [0.4, 0.5) is 20.6 Å². The first-order chi connectivity index (χ1) is 12.6. The number of imidazole rings is 1. The van der Waals surface area contributed by atoms with E-state index in [2.05, 4.69) is 25.5 Å². The van der Waals surface area contributed by atoms with Gasteiger partial charge in [-0.15, -0.1) is 0 Å². The van der Waals surface area contributed by atoms with E-state index < -0.39 is 6.03 Å². The molecule has 0 bridgehead atoms. The fourth-order valence-electron chi connectivity index (χ4n) is 3.06. The molecular formula is C16H18FN7O2. The molecule has 0 spiro atoms. The van der Waals surface area contributed by atoms with Crippen LogP contribution in [0.3, 0.4) is 0 Å². The summed E-state index contributed by atoms with van der Waals surface area (Å²) in [4.78, 5) is 20.6. The highest BCUT2D eigenvalue weighted by Crippen LogP contribution is 2.29. The summed E-state index contributed by atoms with van der Waals surface area (Å²) in [5.41, 5.74) is 7.67. The minimum absolute atomic E-state index is 0.324. The molecule has 26 heavy (non-hydrogen) atoms. The van der Waals surface area contributed by atoms with Gasteiger partial charge in [-0.25, -0.2) is 14.2 Å². The number of nitrogens with two attached hydrogens (primary N) is 1. The van der Waals surface area contributed by atoms with Gasteiger partial charge in [0, 0.05) is 25.8 Å². The van der Waals surface area contributed by atoms with Crippen LogP contribution in [-0.2, 0) is 4.74 Å². The number of ether oxygens (including phenoxy) is 1. The summed E-state index contributed by atoms with van der Waals surface area (Å²) in [6.45, 7) is 2.61. The average molecular weight is 359 g/mol. The number of carbonyl (C=O) groups excluding carboxylic acids is 1. The number of urea groups is 1. The number of hydrogen-bond acceptors (Lipinski definition) is 5. The molecule has 136 valence electrons. The number of halogens is 1. The van der Waals surface area contributed by atoms with Crippen LogP contribution in [0.1, 0.15) is 6.42 Å². The molecule has 1 aromatic carbocycles. The van der Waals surface area contributed by atoms with Gasteiger partial charge >= 0.3 is 6.03 Å². The van der Waals surface area contributed by atoms with Gasteiger partial charge in [0.1, 0.15) is 11.5 Å². The largest absolute Gasteiger partial charge is 0.380 e. The molecule has 0 unspecified atom stereocenters. The number of benzene rings is 1. The zero-order valence-electron chi connectivity index (χ0n) is 13.9. The Labute approximate surface area is 147 Å². The molecule has 0 atom stereocenters. The Kier molecular flexibility index (Phi) is 4.17. The molecule has 5 N–H and O–H groups in total. The highest BCUT2D eigenvalue weighted by Gasteiger charge is 2.18. The topological polar surface area (TPSA) is 125 Å². The number of amides is 2. The number of rotatable bonds is 3. The highest BCUT2D eigenvalue weighted by atomic mass is 19.1. The van der Waals surface area contributed by atoms with E-state index in [1.165, 1.54) is 12.3 Å². The van der Waals surface area contributed by atoms with E-state index in [4.69, 9.17) is 10.5 Å².